The number of anilines is 1. The molecule has 0 aliphatic carbocycles. The number of thioether (sulfide) groups is 1. The molecule has 1 aromatic rings. The third-order valence-corrected chi connectivity index (χ3v) is 11.1. The van der Waals surface area contributed by atoms with Gasteiger partial charge < -0.3 is 19.6 Å². The molecule has 0 saturated carbocycles. The lowest BCUT2D eigenvalue weighted by atomic mass is 9.71. The number of aliphatic hydroxyl groups is 1. The molecule has 3 saturated heterocycles. The standard InChI is InChI=1S/C27H32BrClN2O5S/c1-4-7-13-36-26(35)20-21-24(33)31(17(6-3)15-32)23(27(21)14-19(28)22(20)37-27)25(34)30(12-5-2)18-10-8-16(29)9-11-18/h4-5,8-11,17,19-23,32H,1-2,6-7,12-15H2,3H3/t17-,19?,20-,21-,22-,23?,27?/m0/s1. The molecule has 2 bridgehead atoms. The maximum Gasteiger partial charge on any atom is 0.310 e. The lowest BCUT2D eigenvalue weighted by Gasteiger charge is -2.39. The molecule has 10 heteroatoms. The largest absolute Gasteiger partial charge is 0.465 e. The van der Waals surface area contributed by atoms with Gasteiger partial charge >= 0.3 is 5.97 Å². The van der Waals surface area contributed by atoms with E-state index in [1.165, 1.54) is 0 Å². The van der Waals surface area contributed by atoms with Gasteiger partial charge in [-0.1, -0.05) is 46.6 Å². The van der Waals surface area contributed by atoms with E-state index >= 15 is 0 Å². The van der Waals surface area contributed by atoms with Crippen molar-refractivity contribution in [1.82, 2.24) is 4.90 Å². The van der Waals surface area contributed by atoms with Crippen LogP contribution in [0.3, 0.4) is 0 Å². The summed E-state index contributed by atoms with van der Waals surface area (Å²) in [6, 6.07) is 5.52. The topological polar surface area (TPSA) is 87.1 Å². The Morgan fingerprint density at radius 3 is 2.65 bits per heavy atom. The number of ether oxygens (including phenoxy) is 1. The first-order valence-electron chi connectivity index (χ1n) is 12.5. The fourth-order valence-electron chi connectivity index (χ4n) is 5.98. The minimum atomic E-state index is -0.862. The van der Waals surface area contributed by atoms with Crippen LogP contribution in [0.2, 0.25) is 5.02 Å². The second-order valence-corrected chi connectivity index (χ2v) is 12.8. The summed E-state index contributed by atoms with van der Waals surface area (Å²) in [6.45, 7) is 9.51. The SMILES string of the molecule is C=CCCOC(=O)[C@H]1[C@H]2C(=O)N([C@@H](CC)CO)C(C(=O)N(CC=C)c3ccc(Cl)cc3)C23CC(Br)[C@@H]1S3. The molecule has 200 valence electrons. The Kier molecular flexibility index (Phi) is 8.78. The Morgan fingerprint density at radius 1 is 1.35 bits per heavy atom. The van der Waals surface area contributed by atoms with Gasteiger partial charge in [0.1, 0.15) is 6.04 Å². The number of hydrogen-bond acceptors (Lipinski definition) is 6. The third kappa shape index (κ3) is 4.77. The molecular formula is C27H32BrClN2O5S. The van der Waals surface area contributed by atoms with Crippen molar-refractivity contribution in [2.24, 2.45) is 11.8 Å². The number of halogens is 2. The molecule has 1 aromatic carbocycles. The number of rotatable bonds is 11. The van der Waals surface area contributed by atoms with E-state index in [9.17, 15) is 19.5 Å². The van der Waals surface area contributed by atoms with Crippen LogP contribution >= 0.6 is 39.3 Å². The Labute approximate surface area is 235 Å². The number of carbonyl (C=O) groups excluding carboxylic acids is 3. The van der Waals surface area contributed by atoms with Crippen molar-refractivity contribution < 1.29 is 24.2 Å². The summed E-state index contributed by atoms with van der Waals surface area (Å²) < 4.78 is 4.72. The second kappa shape index (κ2) is 11.5. The summed E-state index contributed by atoms with van der Waals surface area (Å²) in [4.78, 5) is 44.9. The van der Waals surface area contributed by atoms with Crippen LogP contribution in [0, 0.1) is 11.8 Å². The van der Waals surface area contributed by atoms with E-state index in [2.05, 4.69) is 29.1 Å². The predicted molar refractivity (Wildman–Crippen MR) is 150 cm³/mol. The average molecular weight is 612 g/mol. The summed E-state index contributed by atoms with van der Waals surface area (Å²) in [6.07, 6.45) is 4.85. The lowest BCUT2D eigenvalue weighted by Crippen LogP contribution is -2.58. The van der Waals surface area contributed by atoms with Crippen molar-refractivity contribution in [2.45, 2.75) is 53.1 Å². The molecule has 1 N–H and O–H groups in total. The molecule has 1 spiro atoms. The van der Waals surface area contributed by atoms with Crippen molar-refractivity contribution in [2.75, 3.05) is 24.7 Å². The minimum absolute atomic E-state index is 0.0636. The number of likely N-dealkylation sites (tertiary alicyclic amines) is 1. The molecule has 3 heterocycles. The monoisotopic (exact) mass is 610 g/mol. The zero-order chi connectivity index (χ0) is 26.9. The number of aliphatic hydroxyl groups excluding tert-OH is 1. The van der Waals surface area contributed by atoms with Gasteiger partial charge in [-0.05, 0) is 43.5 Å². The normalized spacial score (nSPS) is 30.6. The molecule has 4 rings (SSSR count). The molecule has 3 unspecified atom stereocenters. The Morgan fingerprint density at radius 2 is 2.05 bits per heavy atom. The number of nitrogens with zero attached hydrogens (tertiary/aromatic N) is 2. The first-order valence-corrected chi connectivity index (χ1v) is 14.6. The van der Waals surface area contributed by atoms with E-state index in [-0.39, 0.29) is 41.6 Å². The molecule has 7 nitrogen and oxygen atoms in total. The summed E-state index contributed by atoms with van der Waals surface area (Å²) in [5.41, 5.74) is 0.631. The lowest BCUT2D eigenvalue weighted by molar-refractivity contribution is -0.154. The predicted octanol–water partition coefficient (Wildman–Crippen LogP) is 4.21. The van der Waals surface area contributed by atoms with Crippen molar-refractivity contribution in [1.29, 1.82) is 0 Å². The molecule has 0 radical (unpaired) electrons. The van der Waals surface area contributed by atoms with Crippen LogP contribution in [0.5, 0.6) is 0 Å². The van der Waals surface area contributed by atoms with Gasteiger partial charge in [0, 0.05) is 27.3 Å². The van der Waals surface area contributed by atoms with E-state index in [4.69, 9.17) is 16.3 Å². The molecule has 3 aliphatic rings. The van der Waals surface area contributed by atoms with Crippen LogP contribution in [0.4, 0.5) is 5.69 Å². The summed E-state index contributed by atoms with van der Waals surface area (Å²) >= 11 is 11.4. The van der Waals surface area contributed by atoms with Gasteiger partial charge in [-0.2, -0.15) is 0 Å². The Balaban J connectivity index is 1.79. The fraction of sp³-hybridized carbons (Fsp3) is 0.519. The van der Waals surface area contributed by atoms with E-state index < -0.39 is 34.6 Å². The molecule has 37 heavy (non-hydrogen) atoms. The first kappa shape index (κ1) is 28.2. The number of amides is 2. The summed E-state index contributed by atoms with van der Waals surface area (Å²) in [5.74, 6) is -2.35. The quantitative estimate of drug-likeness (QED) is 0.175. The highest BCUT2D eigenvalue weighted by Gasteiger charge is 2.76. The Hall–Kier alpha value is -1.81. The number of fused-ring (bicyclic) bond motifs is 1. The Bertz CT molecular complexity index is 1070. The number of alkyl halides is 1. The highest BCUT2D eigenvalue weighted by atomic mass is 79.9. The van der Waals surface area contributed by atoms with Gasteiger partial charge in [-0.15, -0.1) is 24.9 Å². The summed E-state index contributed by atoms with van der Waals surface area (Å²) in [5, 5.41) is 10.6. The summed E-state index contributed by atoms with van der Waals surface area (Å²) in [7, 11) is 0. The van der Waals surface area contributed by atoms with Gasteiger partial charge in [0.05, 0.1) is 35.8 Å². The first-order chi connectivity index (χ1) is 17.7. The number of hydrogen-bond donors (Lipinski definition) is 1. The maximum atomic E-state index is 14.4. The zero-order valence-electron chi connectivity index (χ0n) is 20.7. The van der Waals surface area contributed by atoms with E-state index in [0.717, 1.165) is 0 Å². The van der Waals surface area contributed by atoms with Crippen LogP contribution < -0.4 is 4.90 Å². The van der Waals surface area contributed by atoms with Gasteiger partial charge in [0.25, 0.3) is 5.91 Å². The third-order valence-electron chi connectivity index (χ3n) is 7.59. The van der Waals surface area contributed by atoms with Crippen LogP contribution in [0.25, 0.3) is 0 Å². The van der Waals surface area contributed by atoms with E-state index in [1.807, 2.05) is 6.92 Å². The highest BCUT2D eigenvalue weighted by Crippen LogP contribution is 2.68. The molecule has 3 aliphatic heterocycles. The average Bonchev–Trinajstić information content (AvgIpc) is 3.47. The minimum Gasteiger partial charge on any atom is -0.465 e. The van der Waals surface area contributed by atoms with E-state index in [0.29, 0.717) is 30.0 Å². The van der Waals surface area contributed by atoms with Crippen LogP contribution in [-0.2, 0) is 19.1 Å². The number of benzene rings is 1. The van der Waals surface area contributed by atoms with Crippen molar-refractivity contribution in [3.8, 4) is 0 Å². The molecule has 2 amide bonds. The van der Waals surface area contributed by atoms with Crippen molar-refractivity contribution >= 4 is 62.8 Å². The molecule has 7 atom stereocenters. The fourth-order valence-corrected chi connectivity index (χ4v) is 9.69. The van der Waals surface area contributed by atoms with Crippen LogP contribution in [0.1, 0.15) is 26.2 Å². The second-order valence-electron chi connectivity index (χ2n) is 9.61. The highest BCUT2D eigenvalue weighted by molar-refractivity contribution is 9.09. The van der Waals surface area contributed by atoms with Gasteiger partial charge in [-0.3, -0.25) is 14.4 Å². The number of esters is 1. The van der Waals surface area contributed by atoms with Gasteiger partial charge in [-0.25, -0.2) is 0 Å². The molecular weight excluding hydrogens is 580 g/mol. The number of carbonyl (C=O) groups is 3. The maximum absolute atomic E-state index is 14.4. The smallest absolute Gasteiger partial charge is 0.310 e. The molecule has 3 fully saturated rings. The van der Waals surface area contributed by atoms with Gasteiger partial charge in [0.2, 0.25) is 5.91 Å². The van der Waals surface area contributed by atoms with Crippen LogP contribution in [0.15, 0.2) is 49.6 Å². The van der Waals surface area contributed by atoms with Gasteiger partial charge in [0.15, 0.2) is 0 Å². The van der Waals surface area contributed by atoms with Crippen LogP contribution in [-0.4, -0.2) is 74.5 Å². The van der Waals surface area contributed by atoms with Crippen molar-refractivity contribution in [3.05, 3.63) is 54.6 Å². The zero-order valence-corrected chi connectivity index (χ0v) is 23.9. The molecule has 0 aromatic heterocycles. The van der Waals surface area contributed by atoms with Crippen molar-refractivity contribution in [3.63, 3.8) is 0 Å². The van der Waals surface area contributed by atoms with E-state index in [1.54, 1.807) is 58.0 Å².